The second-order valence-electron chi connectivity index (χ2n) is 5.03. The van der Waals surface area contributed by atoms with Gasteiger partial charge in [-0.1, -0.05) is 36.8 Å². The summed E-state index contributed by atoms with van der Waals surface area (Å²) in [6.45, 7) is 0.687. The van der Waals surface area contributed by atoms with E-state index in [2.05, 4.69) is 4.98 Å². The Balaban J connectivity index is 1.92. The maximum atomic E-state index is 11.1. The Morgan fingerprint density at radius 3 is 2.63 bits per heavy atom. The van der Waals surface area contributed by atoms with Crippen LogP contribution in [0.2, 0.25) is 0 Å². The van der Waals surface area contributed by atoms with Crippen molar-refractivity contribution in [1.82, 2.24) is 9.55 Å². The number of benzene rings is 1. The number of nitrogens with zero attached hydrogens (tertiary/aromatic N) is 2. The van der Waals surface area contributed by atoms with Crippen LogP contribution in [0.3, 0.4) is 0 Å². The molecule has 0 spiro atoms. The highest BCUT2D eigenvalue weighted by atomic mass is 16.4. The number of hydrogen-bond donors (Lipinski definition) is 1. The lowest BCUT2D eigenvalue weighted by atomic mass is 9.85. The van der Waals surface area contributed by atoms with Gasteiger partial charge in [0.1, 0.15) is 5.82 Å². The standard InChI is InChI=1S/C15H16N2O2/c18-15(19)13-10-17(9-11-5-2-1-3-6-11)14(16-13)12-7-4-8-12/h1-3,5-6,10,12H,4,7-9H2,(H,18,19). The maximum absolute atomic E-state index is 11.1. The van der Waals surface area contributed by atoms with Crippen LogP contribution in [0.15, 0.2) is 36.5 Å². The van der Waals surface area contributed by atoms with Crippen molar-refractivity contribution in [2.75, 3.05) is 0 Å². The topological polar surface area (TPSA) is 55.1 Å². The van der Waals surface area contributed by atoms with Gasteiger partial charge in [0, 0.05) is 18.7 Å². The predicted molar refractivity (Wildman–Crippen MR) is 71.3 cm³/mol. The normalized spacial score (nSPS) is 15.2. The molecule has 0 radical (unpaired) electrons. The van der Waals surface area contributed by atoms with Gasteiger partial charge in [-0.05, 0) is 18.4 Å². The Kier molecular flexibility index (Phi) is 3.07. The summed E-state index contributed by atoms with van der Waals surface area (Å²) in [6.07, 6.45) is 5.10. The molecule has 1 saturated carbocycles. The fourth-order valence-electron chi connectivity index (χ4n) is 2.43. The van der Waals surface area contributed by atoms with E-state index in [-0.39, 0.29) is 5.69 Å². The van der Waals surface area contributed by atoms with Crippen LogP contribution in [0.1, 0.15) is 47.1 Å². The Labute approximate surface area is 111 Å². The molecule has 3 rings (SSSR count). The van der Waals surface area contributed by atoms with E-state index in [9.17, 15) is 4.79 Å². The third-order valence-corrected chi connectivity index (χ3v) is 3.69. The van der Waals surface area contributed by atoms with Crippen molar-refractivity contribution >= 4 is 5.97 Å². The molecule has 1 aliphatic rings. The molecule has 2 aromatic rings. The zero-order valence-corrected chi connectivity index (χ0v) is 10.6. The third-order valence-electron chi connectivity index (χ3n) is 3.69. The van der Waals surface area contributed by atoms with Gasteiger partial charge in [-0.25, -0.2) is 9.78 Å². The first kappa shape index (κ1) is 12.0. The van der Waals surface area contributed by atoms with Crippen LogP contribution in [0.5, 0.6) is 0 Å². The fourth-order valence-corrected chi connectivity index (χ4v) is 2.43. The molecule has 0 bridgehead atoms. The summed E-state index contributed by atoms with van der Waals surface area (Å²) < 4.78 is 1.99. The van der Waals surface area contributed by atoms with Gasteiger partial charge in [0.05, 0.1) is 0 Å². The minimum absolute atomic E-state index is 0.151. The summed E-state index contributed by atoms with van der Waals surface area (Å²) in [5.41, 5.74) is 1.32. The molecule has 0 amide bonds. The second kappa shape index (κ2) is 4.88. The number of carbonyl (C=O) groups is 1. The highest BCUT2D eigenvalue weighted by Gasteiger charge is 2.26. The summed E-state index contributed by atoms with van der Waals surface area (Å²) in [6, 6.07) is 10.1. The molecule has 1 fully saturated rings. The molecule has 1 aromatic heterocycles. The molecular weight excluding hydrogens is 240 g/mol. The number of rotatable bonds is 4. The van der Waals surface area contributed by atoms with Crippen molar-refractivity contribution in [3.63, 3.8) is 0 Å². The molecule has 19 heavy (non-hydrogen) atoms. The average molecular weight is 256 g/mol. The van der Waals surface area contributed by atoms with Crippen molar-refractivity contribution in [2.45, 2.75) is 31.7 Å². The van der Waals surface area contributed by atoms with E-state index in [1.54, 1.807) is 6.20 Å². The molecule has 0 unspecified atom stereocenters. The summed E-state index contributed by atoms with van der Waals surface area (Å²) >= 11 is 0. The molecule has 0 saturated heterocycles. The molecule has 0 aliphatic heterocycles. The number of carboxylic acid groups (broad SMARTS) is 1. The quantitative estimate of drug-likeness (QED) is 0.915. The van der Waals surface area contributed by atoms with E-state index in [4.69, 9.17) is 5.11 Å². The first-order valence-corrected chi connectivity index (χ1v) is 6.58. The molecule has 4 heteroatoms. The van der Waals surface area contributed by atoms with Crippen molar-refractivity contribution < 1.29 is 9.90 Å². The van der Waals surface area contributed by atoms with E-state index in [1.807, 2.05) is 34.9 Å². The third kappa shape index (κ3) is 2.38. The Bertz CT molecular complexity index is 585. The largest absolute Gasteiger partial charge is 0.476 e. The lowest BCUT2D eigenvalue weighted by Crippen LogP contribution is -2.15. The van der Waals surface area contributed by atoms with Gasteiger partial charge < -0.3 is 9.67 Å². The van der Waals surface area contributed by atoms with E-state index in [0.29, 0.717) is 12.5 Å². The molecule has 1 aromatic carbocycles. The fraction of sp³-hybridized carbons (Fsp3) is 0.333. The smallest absolute Gasteiger partial charge is 0.356 e. The molecular formula is C15H16N2O2. The zero-order chi connectivity index (χ0) is 13.2. The summed E-state index contributed by atoms with van der Waals surface area (Å²) in [5.74, 6) is 0.400. The van der Waals surface area contributed by atoms with E-state index in [0.717, 1.165) is 24.2 Å². The Hall–Kier alpha value is -2.10. The Morgan fingerprint density at radius 1 is 1.32 bits per heavy atom. The van der Waals surface area contributed by atoms with Crippen LogP contribution < -0.4 is 0 Å². The Morgan fingerprint density at radius 2 is 2.05 bits per heavy atom. The summed E-state index contributed by atoms with van der Waals surface area (Å²) in [7, 11) is 0. The molecule has 4 nitrogen and oxygen atoms in total. The van der Waals surface area contributed by atoms with Gasteiger partial charge in [-0.15, -0.1) is 0 Å². The lowest BCUT2D eigenvalue weighted by Gasteiger charge is -2.25. The first-order chi connectivity index (χ1) is 9.24. The summed E-state index contributed by atoms with van der Waals surface area (Å²) in [5, 5.41) is 9.09. The SMILES string of the molecule is O=C(O)c1cn(Cc2ccccc2)c(C2CCC2)n1. The maximum Gasteiger partial charge on any atom is 0.356 e. The van der Waals surface area contributed by atoms with Crippen LogP contribution >= 0.6 is 0 Å². The summed E-state index contributed by atoms with van der Waals surface area (Å²) in [4.78, 5) is 15.4. The number of carboxylic acids is 1. The van der Waals surface area contributed by atoms with Gasteiger partial charge in [-0.2, -0.15) is 0 Å². The zero-order valence-electron chi connectivity index (χ0n) is 10.6. The minimum atomic E-state index is -0.951. The van der Waals surface area contributed by atoms with Crippen LogP contribution in [0.25, 0.3) is 0 Å². The first-order valence-electron chi connectivity index (χ1n) is 6.58. The average Bonchev–Trinajstić information content (AvgIpc) is 2.73. The number of hydrogen-bond acceptors (Lipinski definition) is 2. The highest BCUT2D eigenvalue weighted by Crippen LogP contribution is 2.36. The van der Waals surface area contributed by atoms with Gasteiger partial charge in [0.25, 0.3) is 0 Å². The van der Waals surface area contributed by atoms with Crippen molar-refractivity contribution in [3.8, 4) is 0 Å². The molecule has 1 aliphatic carbocycles. The van der Waals surface area contributed by atoms with Gasteiger partial charge in [0.15, 0.2) is 5.69 Å². The van der Waals surface area contributed by atoms with E-state index >= 15 is 0 Å². The van der Waals surface area contributed by atoms with Crippen LogP contribution in [0, 0.1) is 0 Å². The van der Waals surface area contributed by atoms with Crippen LogP contribution in [0.4, 0.5) is 0 Å². The van der Waals surface area contributed by atoms with E-state index in [1.165, 1.54) is 6.42 Å². The van der Waals surface area contributed by atoms with Crippen LogP contribution in [-0.2, 0) is 6.54 Å². The van der Waals surface area contributed by atoms with E-state index < -0.39 is 5.97 Å². The monoisotopic (exact) mass is 256 g/mol. The van der Waals surface area contributed by atoms with Gasteiger partial charge in [-0.3, -0.25) is 0 Å². The second-order valence-corrected chi connectivity index (χ2v) is 5.03. The lowest BCUT2D eigenvalue weighted by molar-refractivity contribution is 0.0690. The van der Waals surface area contributed by atoms with Crippen molar-refractivity contribution in [1.29, 1.82) is 0 Å². The number of imidazole rings is 1. The minimum Gasteiger partial charge on any atom is -0.476 e. The molecule has 1 N–H and O–H groups in total. The number of aromatic carboxylic acids is 1. The van der Waals surface area contributed by atoms with Crippen molar-refractivity contribution in [3.05, 3.63) is 53.6 Å². The van der Waals surface area contributed by atoms with Gasteiger partial charge >= 0.3 is 5.97 Å². The predicted octanol–water partition coefficient (Wildman–Crippen LogP) is 2.90. The molecule has 1 heterocycles. The number of aromatic nitrogens is 2. The van der Waals surface area contributed by atoms with Gasteiger partial charge in [0.2, 0.25) is 0 Å². The van der Waals surface area contributed by atoms with Crippen LogP contribution in [-0.4, -0.2) is 20.6 Å². The molecule has 0 atom stereocenters. The molecule has 98 valence electrons. The highest BCUT2D eigenvalue weighted by molar-refractivity contribution is 5.85. The van der Waals surface area contributed by atoms with Crippen molar-refractivity contribution in [2.24, 2.45) is 0 Å².